The molecule has 0 atom stereocenters. The van der Waals surface area contributed by atoms with Gasteiger partial charge in [0.15, 0.2) is 11.5 Å². The monoisotopic (exact) mass is 311 g/mol. The molecule has 2 aromatic carbocycles. The lowest BCUT2D eigenvalue weighted by molar-refractivity contribution is -0.286. The second-order valence-corrected chi connectivity index (χ2v) is 4.52. The predicted molar refractivity (Wildman–Crippen MR) is 78.5 cm³/mol. The topological polar surface area (TPSA) is 44.5 Å². The van der Waals surface area contributed by atoms with Gasteiger partial charge in [0.2, 0.25) is 0 Å². The quantitative estimate of drug-likeness (QED) is 0.774. The van der Waals surface area contributed by atoms with Crippen LogP contribution in [0.3, 0.4) is 0 Å². The van der Waals surface area contributed by atoms with Crippen molar-refractivity contribution in [3.63, 3.8) is 0 Å². The van der Waals surface area contributed by atoms with E-state index in [-0.39, 0.29) is 22.7 Å². The van der Waals surface area contributed by atoms with Gasteiger partial charge in [-0.1, -0.05) is 13.8 Å². The molecule has 2 N–H and O–H groups in total. The molecule has 0 saturated carbocycles. The Bertz CT molecular complexity index is 702. The van der Waals surface area contributed by atoms with Gasteiger partial charge in [0.1, 0.15) is 5.82 Å². The molecule has 0 unspecified atom stereocenters. The van der Waals surface area contributed by atoms with Crippen LogP contribution >= 0.6 is 0 Å². The van der Waals surface area contributed by atoms with Crippen LogP contribution < -0.4 is 15.2 Å². The van der Waals surface area contributed by atoms with Crippen LogP contribution in [0, 0.1) is 12.7 Å². The second-order valence-electron chi connectivity index (χ2n) is 4.52. The number of ether oxygens (including phenoxy) is 2. The highest BCUT2D eigenvalue weighted by Crippen LogP contribution is 2.44. The number of halogens is 3. The van der Waals surface area contributed by atoms with Crippen molar-refractivity contribution in [1.82, 2.24) is 0 Å². The number of aryl methyl sites for hydroxylation is 1. The van der Waals surface area contributed by atoms with Crippen LogP contribution in [0.15, 0.2) is 30.3 Å². The Balaban J connectivity index is 0.000000847. The van der Waals surface area contributed by atoms with Gasteiger partial charge in [0.05, 0.1) is 0 Å². The van der Waals surface area contributed by atoms with E-state index in [1.165, 1.54) is 30.3 Å². The Kier molecular flexibility index (Phi) is 4.21. The lowest BCUT2D eigenvalue weighted by Crippen LogP contribution is -2.25. The smallest absolute Gasteiger partial charge is 0.399 e. The highest BCUT2D eigenvalue weighted by atomic mass is 19.3. The van der Waals surface area contributed by atoms with Crippen molar-refractivity contribution in [2.75, 3.05) is 5.73 Å². The number of alkyl halides is 2. The molecule has 2 aromatic rings. The van der Waals surface area contributed by atoms with Gasteiger partial charge in [-0.15, -0.1) is 8.78 Å². The standard InChI is InChI=1S/C14H10F3NO2.C2H6/c1-7-4-12-13(20-14(16,17)19-12)6-10(7)9-3-2-8(18)5-11(9)15;1-2/h2-6H,18H2,1H3;1-2H3. The highest BCUT2D eigenvalue weighted by molar-refractivity contribution is 5.73. The number of benzene rings is 2. The molecular formula is C16H16F3NO2. The van der Waals surface area contributed by atoms with Crippen molar-refractivity contribution in [2.24, 2.45) is 0 Å². The van der Waals surface area contributed by atoms with E-state index in [1.54, 1.807) is 6.92 Å². The van der Waals surface area contributed by atoms with Gasteiger partial charge in [-0.3, -0.25) is 0 Å². The van der Waals surface area contributed by atoms with E-state index in [0.29, 0.717) is 11.1 Å². The largest absolute Gasteiger partial charge is 0.586 e. The van der Waals surface area contributed by atoms with E-state index in [4.69, 9.17) is 5.73 Å². The number of rotatable bonds is 1. The number of nitrogen functional groups attached to an aromatic ring is 1. The van der Waals surface area contributed by atoms with E-state index in [0.717, 1.165) is 0 Å². The summed E-state index contributed by atoms with van der Waals surface area (Å²) in [6.45, 7) is 5.67. The van der Waals surface area contributed by atoms with Crippen molar-refractivity contribution in [1.29, 1.82) is 0 Å². The van der Waals surface area contributed by atoms with Gasteiger partial charge in [0, 0.05) is 11.3 Å². The summed E-state index contributed by atoms with van der Waals surface area (Å²) in [4.78, 5) is 0. The zero-order chi connectivity index (χ0) is 16.5. The molecule has 0 aliphatic carbocycles. The fourth-order valence-corrected chi connectivity index (χ4v) is 2.14. The summed E-state index contributed by atoms with van der Waals surface area (Å²) in [5, 5.41) is 0. The van der Waals surface area contributed by atoms with E-state index < -0.39 is 12.1 Å². The lowest BCUT2D eigenvalue weighted by atomic mass is 9.99. The van der Waals surface area contributed by atoms with E-state index >= 15 is 0 Å². The van der Waals surface area contributed by atoms with Gasteiger partial charge in [-0.25, -0.2) is 4.39 Å². The van der Waals surface area contributed by atoms with Gasteiger partial charge in [0.25, 0.3) is 0 Å². The van der Waals surface area contributed by atoms with Gasteiger partial charge >= 0.3 is 6.29 Å². The first-order chi connectivity index (χ1) is 10.4. The minimum atomic E-state index is -3.69. The molecule has 0 fully saturated rings. The second kappa shape index (κ2) is 5.79. The molecule has 118 valence electrons. The van der Waals surface area contributed by atoms with Crippen LogP contribution in [0.4, 0.5) is 18.9 Å². The maximum Gasteiger partial charge on any atom is 0.586 e. The maximum absolute atomic E-state index is 13.9. The van der Waals surface area contributed by atoms with Gasteiger partial charge in [-0.2, -0.15) is 0 Å². The van der Waals surface area contributed by atoms with Crippen LogP contribution in [0.5, 0.6) is 11.5 Å². The summed E-state index contributed by atoms with van der Waals surface area (Å²) in [7, 11) is 0. The third-order valence-electron chi connectivity index (χ3n) is 3.03. The van der Waals surface area contributed by atoms with Crippen LogP contribution in [0.1, 0.15) is 19.4 Å². The van der Waals surface area contributed by atoms with Gasteiger partial charge in [-0.05, 0) is 48.4 Å². The summed E-state index contributed by atoms with van der Waals surface area (Å²) in [5.41, 5.74) is 7.07. The Hall–Kier alpha value is -2.37. The number of hydrogen-bond donors (Lipinski definition) is 1. The molecule has 0 spiro atoms. The maximum atomic E-state index is 13.9. The minimum Gasteiger partial charge on any atom is -0.399 e. The van der Waals surface area contributed by atoms with E-state index in [1.807, 2.05) is 13.8 Å². The predicted octanol–water partition coefficient (Wildman–Crippen LogP) is 4.73. The van der Waals surface area contributed by atoms with Crippen molar-refractivity contribution < 1.29 is 22.6 Å². The molecule has 6 heteroatoms. The molecule has 3 rings (SSSR count). The number of fused-ring (bicyclic) bond motifs is 1. The average Bonchev–Trinajstić information content (AvgIpc) is 2.73. The third-order valence-corrected chi connectivity index (χ3v) is 3.03. The summed E-state index contributed by atoms with van der Waals surface area (Å²) < 4.78 is 48.6. The van der Waals surface area contributed by atoms with Crippen LogP contribution in [0.25, 0.3) is 11.1 Å². The van der Waals surface area contributed by atoms with Gasteiger partial charge < -0.3 is 15.2 Å². The molecule has 3 nitrogen and oxygen atoms in total. The van der Waals surface area contributed by atoms with Crippen molar-refractivity contribution in [3.8, 4) is 22.6 Å². The summed E-state index contributed by atoms with van der Waals surface area (Å²) in [5.74, 6) is -0.711. The number of anilines is 1. The highest BCUT2D eigenvalue weighted by Gasteiger charge is 2.43. The normalized spacial score (nSPS) is 14.3. The molecule has 22 heavy (non-hydrogen) atoms. The van der Waals surface area contributed by atoms with E-state index in [2.05, 4.69) is 9.47 Å². The Morgan fingerprint density at radius 1 is 0.955 bits per heavy atom. The fourth-order valence-electron chi connectivity index (χ4n) is 2.14. The fraction of sp³-hybridized carbons (Fsp3) is 0.250. The average molecular weight is 311 g/mol. The first-order valence-electron chi connectivity index (χ1n) is 6.81. The van der Waals surface area contributed by atoms with Crippen molar-refractivity contribution in [3.05, 3.63) is 41.7 Å². The molecule has 1 aliphatic rings. The zero-order valence-electron chi connectivity index (χ0n) is 12.4. The Labute approximate surface area is 126 Å². The minimum absolute atomic E-state index is 0.0629. The first-order valence-corrected chi connectivity index (χ1v) is 6.81. The first kappa shape index (κ1) is 16.0. The molecule has 0 amide bonds. The SMILES string of the molecule is CC.Cc1cc2c(cc1-c1ccc(N)cc1F)OC(F)(F)O2. The molecule has 0 aromatic heterocycles. The third kappa shape index (κ3) is 2.95. The number of hydrogen-bond acceptors (Lipinski definition) is 3. The summed E-state index contributed by atoms with van der Waals surface area (Å²) >= 11 is 0. The Morgan fingerprint density at radius 2 is 1.55 bits per heavy atom. The molecule has 0 radical (unpaired) electrons. The molecule has 0 saturated heterocycles. The van der Waals surface area contributed by atoms with Crippen LogP contribution in [-0.4, -0.2) is 6.29 Å². The number of nitrogens with two attached hydrogens (primary N) is 1. The zero-order valence-corrected chi connectivity index (χ0v) is 12.4. The lowest BCUT2D eigenvalue weighted by Gasteiger charge is -2.09. The van der Waals surface area contributed by atoms with Crippen LogP contribution in [-0.2, 0) is 0 Å². The molecule has 1 heterocycles. The molecular weight excluding hydrogens is 295 g/mol. The van der Waals surface area contributed by atoms with Crippen molar-refractivity contribution in [2.45, 2.75) is 27.1 Å². The van der Waals surface area contributed by atoms with Crippen LogP contribution in [0.2, 0.25) is 0 Å². The summed E-state index contributed by atoms with van der Waals surface area (Å²) in [6.07, 6.45) is -3.69. The van der Waals surface area contributed by atoms with Crippen molar-refractivity contribution >= 4 is 5.69 Å². The summed E-state index contributed by atoms with van der Waals surface area (Å²) in [6, 6.07) is 6.93. The van der Waals surface area contributed by atoms with E-state index in [9.17, 15) is 13.2 Å². The molecule has 1 aliphatic heterocycles. The Morgan fingerprint density at radius 3 is 2.14 bits per heavy atom. The molecule has 0 bridgehead atoms.